The third kappa shape index (κ3) is 3.90. The average molecular weight is 343 g/mol. The van der Waals surface area contributed by atoms with Crippen LogP contribution in [0, 0.1) is 0 Å². The van der Waals surface area contributed by atoms with Gasteiger partial charge in [0, 0.05) is 18.3 Å². The number of hydrogen-bond donors (Lipinski definition) is 0. The molecule has 2 aromatic carbocycles. The van der Waals surface area contributed by atoms with E-state index in [0.717, 1.165) is 29.3 Å². The third-order valence-corrected chi connectivity index (χ3v) is 5.64. The first-order valence-electron chi connectivity index (χ1n) is 8.10. The first-order valence-corrected chi connectivity index (χ1v) is 9.15. The van der Waals surface area contributed by atoms with Crippen molar-refractivity contribution in [2.45, 2.75) is 18.1 Å². The number of esters is 1. The summed E-state index contributed by atoms with van der Waals surface area (Å²) in [5.74, 6) is 0.306. The van der Waals surface area contributed by atoms with Gasteiger partial charge >= 0.3 is 5.97 Å². The number of methoxy groups -OCH3 is 1. The van der Waals surface area contributed by atoms with Crippen molar-refractivity contribution in [3.63, 3.8) is 0 Å². The fraction of sp³-hybridized carbons (Fsp3) is 0.368. The van der Waals surface area contributed by atoms with Crippen LogP contribution in [-0.4, -0.2) is 48.0 Å². The number of rotatable bonds is 5. The molecule has 1 fully saturated rings. The Morgan fingerprint density at radius 2 is 2.00 bits per heavy atom. The smallest absolute Gasteiger partial charge is 0.315 e. The van der Waals surface area contributed by atoms with E-state index in [9.17, 15) is 9.59 Å². The predicted octanol–water partition coefficient (Wildman–Crippen LogP) is 2.89. The van der Waals surface area contributed by atoms with Crippen molar-refractivity contribution in [1.29, 1.82) is 0 Å². The van der Waals surface area contributed by atoms with Gasteiger partial charge in [-0.05, 0) is 22.8 Å². The quantitative estimate of drug-likeness (QED) is 0.783. The van der Waals surface area contributed by atoms with Gasteiger partial charge in [-0.15, -0.1) is 11.8 Å². The highest BCUT2D eigenvalue weighted by atomic mass is 32.2. The maximum atomic E-state index is 12.6. The van der Waals surface area contributed by atoms with Crippen LogP contribution in [-0.2, 0) is 20.7 Å². The summed E-state index contributed by atoms with van der Waals surface area (Å²) >= 11 is 1.58. The number of amides is 1. The highest BCUT2D eigenvalue weighted by Gasteiger charge is 2.27. The Morgan fingerprint density at radius 1 is 1.21 bits per heavy atom. The fourth-order valence-corrected chi connectivity index (χ4v) is 4.10. The number of thioether (sulfide) groups is 1. The number of carbonyl (C=O) groups excluding carboxylic acids is 2. The summed E-state index contributed by atoms with van der Waals surface area (Å²) in [6.45, 7) is 1.48. The van der Waals surface area contributed by atoms with E-state index in [2.05, 4.69) is 22.9 Å². The van der Waals surface area contributed by atoms with E-state index in [-0.39, 0.29) is 11.9 Å². The zero-order valence-electron chi connectivity index (χ0n) is 13.7. The van der Waals surface area contributed by atoms with Gasteiger partial charge < -0.3 is 9.64 Å². The Hall–Kier alpha value is -2.01. The van der Waals surface area contributed by atoms with Crippen molar-refractivity contribution in [2.75, 3.05) is 26.0 Å². The monoisotopic (exact) mass is 343 g/mol. The lowest BCUT2D eigenvalue weighted by Crippen LogP contribution is -2.30. The third-order valence-electron chi connectivity index (χ3n) is 4.38. The van der Waals surface area contributed by atoms with Gasteiger partial charge in [-0.1, -0.05) is 42.5 Å². The Kier molecular flexibility index (Phi) is 5.41. The molecule has 24 heavy (non-hydrogen) atoms. The van der Waals surface area contributed by atoms with Crippen LogP contribution in [0.2, 0.25) is 0 Å². The second-order valence-corrected chi connectivity index (χ2v) is 7.24. The van der Waals surface area contributed by atoms with Crippen LogP contribution >= 0.6 is 11.8 Å². The van der Waals surface area contributed by atoms with Crippen LogP contribution in [0.5, 0.6) is 0 Å². The van der Waals surface area contributed by atoms with Crippen molar-refractivity contribution in [3.05, 3.63) is 48.0 Å². The molecule has 126 valence electrons. The molecule has 1 amide bonds. The van der Waals surface area contributed by atoms with Crippen LogP contribution in [0.3, 0.4) is 0 Å². The second-order valence-electron chi connectivity index (χ2n) is 5.95. The van der Waals surface area contributed by atoms with E-state index in [1.807, 2.05) is 29.2 Å². The maximum absolute atomic E-state index is 12.6. The minimum Gasteiger partial charge on any atom is -0.468 e. The molecule has 0 saturated carbocycles. The van der Waals surface area contributed by atoms with Crippen molar-refractivity contribution in [3.8, 4) is 0 Å². The molecule has 1 saturated heterocycles. The van der Waals surface area contributed by atoms with Gasteiger partial charge in [0.05, 0.1) is 19.3 Å². The minimum atomic E-state index is -0.208. The zero-order chi connectivity index (χ0) is 16.9. The van der Waals surface area contributed by atoms with Crippen molar-refractivity contribution in [1.82, 2.24) is 4.90 Å². The number of nitrogens with zero attached hydrogens (tertiary/aromatic N) is 1. The lowest BCUT2D eigenvalue weighted by molar-refractivity contribution is -0.137. The number of fused-ring (bicyclic) bond motifs is 1. The van der Waals surface area contributed by atoms with Gasteiger partial charge in [0.25, 0.3) is 0 Å². The van der Waals surface area contributed by atoms with E-state index >= 15 is 0 Å². The normalized spacial score (nSPS) is 17.2. The summed E-state index contributed by atoms with van der Waals surface area (Å²) in [5, 5.41) is 2.63. The van der Waals surface area contributed by atoms with Crippen LogP contribution < -0.4 is 0 Å². The molecule has 1 heterocycles. The van der Waals surface area contributed by atoms with Crippen molar-refractivity contribution in [2.24, 2.45) is 0 Å². The average Bonchev–Trinajstić information content (AvgIpc) is 3.09. The fourth-order valence-electron chi connectivity index (χ4n) is 3.06. The summed E-state index contributed by atoms with van der Waals surface area (Å²) in [7, 11) is 1.40. The highest BCUT2D eigenvalue weighted by Crippen LogP contribution is 2.24. The molecule has 0 aromatic heterocycles. The van der Waals surface area contributed by atoms with E-state index in [1.165, 1.54) is 7.11 Å². The molecular weight excluding hydrogens is 322 g/mol. The van der Waals surface area contributed by atoms with Gasteiger partial charge in [0.2, 0.25) is 5.91 Å². The molecule has 0 bridgehead atoms. The molecule has 0 spiro atoms. The molecule has 0 unspecified atom stereocenters. The van der Waals surface area contributed by atoms with E-state index in [1.54, 1.807) is 11.8 Å². The van der Waals surface area contributed by atoms with Gasteiger partial charge in [-0.2, -0.15) is 0 Å². The Morgan fingerprint density at radius 3 is 2.83 bits per heavy atom. The molecule has 2 aromatic rings. The summed E-state index contributed by atoms with van der Waals surface area (Å²) in [6.07, 6.45) is 1.36. The Labute approximate surface area is 146 Å². The van der Waals surface area contributed by atoms with Gasteiger partial charge in [-0.3, -0.25) is 9.59 Å². The van der Waals surface area contributed by atoms with Crippen LogP contribution in [0.1, 0.15) is 12.0 Å². The molecule has 1 atom stereocenters. The predicted molar refractivity (Wildman–Crippen MR) is 97.1 cm³/mol. The van der Waals surface area contributed by atoms with E-state index in [4.69, 9.17) is 0 Å². The van der Waals surface area contributed by atoms with E-state index in [0.29, 0.717) is 24.0 Å². The largest absolute Gasteiger partial charge is 0.468 e. The zero-order valence-corrected chi connectivity index (χ0v) is 14.6. The molecule has 1 aliphatic rings. The first kappa shape index (κ1) is 16.8. The molecule has 3 rings (SSSR count). The number of carbonyl (C=O) groups is 2. The van der Waals surface area contributed by atoms with Crippen molar-refractivity contribution < 1.29 is 14.3 Å². The van der Waals surface area contributed by atoms with Gasteiger partial charge in [0.15, 0.2) is 0 Å². The number of hydrogen-bond acceptors (Lipinski definition) is 4. The topological polar surface area (TPSA) is 46.6 Å². The molecule has 5 heteroatoms. The van der Waals surface area contributed by atoms with E-state index < -0.39 is 0 Å². The maximum Gasteiger partial charge on any atom is 0.315 e. The number of ether oxygens (including phenoxy) is 1. The molecule has 4 nitrogen and oxygen atoms in total. The molecular formula is C19H21NO3S. The second kappa shape index (κ2) is 7.71. The molecule has 1 aliphatic heterocycles. The Balaban J connectivity index is 1.60. The Bertz CT molecular complexity index is 741. The van der Waals surface area contributed by atoms with Crippen molar-refractivity contribution >= 4 is 34.4 Å². The number of benzene rings is 2. The highest BCUT2D eigenvalue weighted by molar-refractivity contribution is 8.00. The summed E-state index contributed by atoms with van der Waals surface area (Å²) < 4.78 is 4.66. The number of likely N-dealkylation sites (tertiary alicyclic amines) is 1. The molecule has 0 aliphatic carbocycles. The first-order chi connectivity index (χ1) is 11.7. The van der Waals surface area contributed by atoms with Gasteiger partial charge in [0.1, 0.15) is 0 Å². The lowest BCUT2D eigenvalue weighted by Gasteiger charge is -2.17. The summed E-state index contributed by atoms with van der Waals surface area (Å²) in [6, 6.07) is 14.3. The standard InChI is InChI=1S/C19H21NO3S/c1-23-19(22)13-24-16-9-10-20(12-16)18(21)11-15-7-4-6-14-5-2-3-8-17(14)15/h2-8,16H,9-13H2,1H3/t16-/m1/s1. The summed E-state index contributed by atoms with van der Waals surface area (Å²) in [4.78, 5) is 25.8. The summed E-state index contributed by atoms with van der Waals surface area (Å²) in [5.41, 5.74) is 1.07. The van der Waals surface area contributed by atoms with Crippen LogP contribution in [0.25, 0.3) is 10.8 Å². The molecule has 0 radical (unpaired) electrons. The molecule has 0 N–H and O–H groups in total. The SMILES string of the molecule is COC(=O)CS[C@@H]1CCN(C(=O)Cc2cccc3ccccc23)C1. The lowest BCUT2D eigenvalue weighted by atomic mass is 10.0. The minimum absolute atomic E-state index is 0.160. The van der Waals surface area contributed by atoms with Gasteiger partial charge in [-0.25, -0.2) is 0 Å². The van der Waals surface area contributed by atoms with Crippen LogP contribution in [0.4, 0.5) is 0 Å². The van der Waals surface area contributed by atoms with Crippen LogP contribution in [0.15, 0.2) is 42.5 Å².